The van der Waals surface area contributed by atoms with Gasteiger partial charge in [0.2, 0.25) is 0 Å². The van der Waals surface area contributed by atoms with Crippen molar-refractivity contribution in [1.82, 2.24) is 15.0 Å². The second-order valence-corrected chi connectivity index (χ2v) is 3.79. The minimum atomic E-state index is -0.0479. The van der Waals surface area contributed by atoms with E-state index in [1.165, 1.54) is 0 Å². The molecule has 14 heavy (non-hydrogen) atoms. The Morgan fingerprint density at radius 3 is 3.21 bits per heavy atom. The van der Waals surface area contributed by atoms with E-state index in [0.717, 1.165) is 31.7 Å². The Hall–Kier alpha value is -0.940. The molecule has 2 heterocycles. The lowest BCUT2D eigenvalue weighted by molar-refractivity contribution is 0.0935. The van der Waals surface area contributed by atoms with E-state index in [1.807, 2.05) is 17.8 Å². The first-order valence-corrected chi connectivity index (χ1v) is 5.03. The predicted molar refractivity (Wildman–Crippen MR) is 51.6 cm³/mol. The van der Waals surface area contributed by atoms with Crippen LogP contribution in [0.3, 0.4) is 0 Å². The van der Waals surface area contributed by atoms with Crippen LogP contribution in [0.4, 0.5) is 0 Å². The molecule has 2 N–H and O–H groups in total. The van der Waals surface area contributed by atoms with Crippen LogP contribution in [0, 0.1) is 0 Å². The average molecular weight is 196 g/mol. The third kappa shape index (κ3) is 2.10. The summed E-state index contributed by atoms with van der Waals surface area (Å²) < 4.78 is 7.32. The maximum atomic E-state index is 5.69. The molecule has 0 amide bonds. The summed E-state index contributed by atoms with van der Waals surface area (Å²) in [4.78, 5) is 0. The Labute approximate surface area is 83.2 Å². The Morgan fingerprint density at radius 2 is 2.64 bits per heavy atom. The Kier molecular flexibility index (Phi) is 2.79. The highest BCUT2D eigenvalue weighted by atomic mass is 16.5. The highest BCUT2D eigenvalue weighted by Crippen LogP contribution is 2.14. The fraction of sp³-hybridized carbons (Fsp3) is 0.778. The summed E-state index contributed by atoms with van der Waals surface area (Å²) in [5.74, 6) is 0. The van der Waals surface area contributed by atoms with E-state index in [0.29, 0.717) is 6.10 Å². The summed E-state index contributed by atoms with van der Waals surface area (Å²) in [6.07, 6.45) is 4.47. The second-order valence-electron chi connectivity index (χ2n) is 3.79. The third-order valence-electron chi connectivity index (χ3n) is 2.44. The van der Waals surface area contributed by atoms with Gasteiger partial charge in [-0.25, -0.2) is 4.68 Å². The predicted octanol–water partition coefficient (Wildman–Crippen LogP) is 0.477. The van der Waals surface area contributed by atoms with Crippen molar-refractivity contribution in [2.75, 3.05) is 6.61 Å². The van der Waals surface area contributed by atoms with Gasteiger partial charge in [-0.05, 0) is 19.8 Å². The number of nitrogens with two attached hydrogens (primary N) is 1. The van der Waals surface area contributed by atoms with Gasteiger partial charge in [-0.3, -0.25) is 0 Å². The Bertz CT molecular complexity index is 291. The summed E-state index contributed by atoms with van der Waals surface area (Å²) in [6, 6.07) is -0.0479. The molecule has 1 saturated heterocycles. The van der Waals surface area contributed by atoms with Crippen molar-refractivity contribution in [2.24, 2.45) is 5.73 Å². The second kappa shape index (κ2) is 4.06. The summed E-state index contributed by atoms with van der Waals surface area (Å²) in [6.45, 7) is 3.57. The maximum absolute atomic E-state index is 5.69. The van der Waals surface area contributed by atoms with Crippen LogP contribution in [0.1, 0.15) is 31.5 Å². The first-order valence-electron chi connectivity index (χ1n) is 5.03. The van der Waals surface area contributed by atoms with Gasteiger partial charge in [-0.2, -0.15) is 0 Å². The van der Waals surface area contributed by atoms with Crippen molar-refractivity contribution in [3.05, 3.63) is 11.9 Å². The van der Waals surface area contributed by atoms with Crippen LogP contribution in [0.2, 0.25) is 0 Å². The summed E-state index contributed by atoms with van der Waals surface area (Å²) in [7, 11) is 0. The zero-order valence-corrected chi connectivity index (χ0v) is 8.39. The maximum Gasteiger partial charge on any atom is 0.0991 e. The molecular weight excluding hydrogens is 180 g/mol. The third-order valence-corrected chi connectivity index (χ3v) is 2.44. The van der Waals surface area contributed by atoms with Gasteiger partial charge in [0.1, 0.15) is 0 Å². The number of hydrogen-bond acceptors (Lipinski definition) is 4. The van der Waals surface area contributed by atoms with Crippen molar-refractivity contribution < 1.29 is 4.74 Å². The zero-order valence-electron chi connectivity index (χ0n) is 8.39. The number of hydrogen-bond donors (Lipinski definition) is 1. The quantitative estimate of drug-likeness (QED) is 0.763. The lowest BCUT2D eigenvalue weighted by Gasteiger charge is -2.07. The molecule has 1 aliphatic rings. The first-order chi connectivity index (χ1) is 6.75. The monoisotopic (exact) mass is 196 g/mol. The lowest BCUT2D eigenvalue weighted by atomic mass is 10.2. The average Bonchev–Trinajstić information content (AvgIpc) is 2.75. The Balaban J connectivity index is 1.95. The van der Waals surface area contributed by atoms with E-state index in [9.17, 15) is 0 Å². The molecule has 1 unspecified atom stereocenters. The normalized spacial score (nSPS) is 24.0. The van der Waals surface area contributed by atoms with Crippen LogP contribution in [0.25, 0.3) is 0 Å². The topological polar surface area (TPSA) is 66.0 Å². The number of rotatable bonds is 3. The Morgan fingerprint density at radius 1 is 1.79 bits per heavy atom. The molecule has 1 fully saturated rings. The van der Waals surface area contributed by atoms with E-state index < -0.39 is 0 Å². The van der Waals surface area contributed by atoms with Crippen LogP contribution >= 0.6 is 0 Å². The van der Waals surface area contributed by atoms with Crippen LogP contribution in [0.15, 0.2) is 6.20 Å². The summed E-state index contributed by atoms with van der Waals surface area (Å²) in [5, 5.41) is 8.00. The van der Waals surface area contributed by atoms with Gasteiger partial charge in [-0.1, -0.05) is 5.21 Å². The fourth-order valence-electron chi connectivity index (χ4n) is 1.61. The molecule has 0 spiro atoms. The molecule has 2 atom stereocenters. The molecule has 1 aliphatic heterocycles. The first kappa shape index (κ1) is 9.61. The molecule has 5 nitrogen and oxygen atoms in total. The van der Waals surface area contributed by atoms with Gasteiger partial charge in [0.25, 0.3) is 0 Å². The van der Waals surface area contributed by atoms with E-state index in [4.69, 9.17) is 10.5 Å². The minimum Gasteiger partial charge on any atom is -0.376 e. The van der Waals surface area contributed by atoms with Crippen molar-refractivity contribution in [2.45, 2.75) is 38.5 Å². The van der Waals surface area contributed by atoms with Crippen LogP contribution in [0.5, 0.6) is 0 Å². The van der Waals surface area contributed by atoms with Gasteiger partial charge >= 0.3 is 0 Å². The van der Waals surface area contributed by atoms with Crippen molar-refractivity contribution in [3.8, 4) is 0 Å². The van der Waals surface area contributed by atoms with Crippen LogP contribution in [-0.2, 0) is 11.3 Å². The van der Waals surface area contributed by atoms with E-state index in [-0.39, 0.29) is 6.04 Å². The van der Waals surface area contributed by atoms with Gasteiger partial charge in [0.15, 0.2) is 0 Å². The number of nitrogens with zero attached hydrogens (tertiary/aromatic N) is 3. The minimum absolute atomic E-state index is 0.0479. The van der Waals surface area contributed by atoms with Gasteiger partial charge in [0.05, 0.1) is 24.5 Å². The van der Waals surface area contributed by atoms with E-state index >= 15 is 0 Å². The molecule has 0 saturated carbocycles. The van der Waals surface area contributed by atoms with Crippen molar-refractivity contribution in [1.29, 1.82) is 0 Å². The van der Waals surface area contributed by atoms with Gasteiger partial charge < -0.3 is 10.5 Å². The van der Waals surface area contributed by atoms with Crippen LogP contribution < -0.4 is 5.73 Å². The molecule has 78 valence electrons. The van der Waals surface area contributed by atoms with Gasteiger partial charge in [0, 0.05) is 12.6 Å². The van der Waals surface area contributed by atoms with E-state index in [2.05, 4.69) is 10.3 Å². The molecule has 0 aliphatic carbocycles. The van der Waals surface area contributed by atoms with Gasteiger partial charge in [-0.15, -0.1) is 5.10 Å². The summed E-state index contributed by atoms with van der Waals surface area (Å²) in [5.41, 5.74) is 6.52. The number of ether oxygens (including phenoxy) is 1. The smallest absolute Gasteiger partial charge is 0.0991 e. The SMILES string of the molecule is C[C@H](N)c1cn(CC2CCCO2)nn1. The standard InChI is InChI=1S/C9H16N4O/c1-7(10)9-6-13(12-11-9)5-8-3-2-4-14-8/h6-8H,2-5,10H2,1H3/t7-,8?/m0/s1. The molecule has 1 aromatic rings. The van der Waals surface area contributed by atoms with Crippen molar-refractivity contribution >= 4 is 0 Å². The highest BCUT2D eigenvalue weighted by Gasteiger charge is 2.16. The molecule has 0 aromatic carbocycles. The molecule has 2 rings (SSSR count). The summed E-state index contributed by atoms with van der Waals surface area (Å²) >= 11 is 0. The molecular formula is C9H16N4O. The molecule has 0 radical (unpaired) electrons. The zero-order chi connectivity index (χ0) is 9.97. The highest BCUT2D eigenvalue weighted by molar-refractivity contribution is 4.97. The lowest BCUT2D eigenvalue weighted by Crippen LogP contribution is -2.15. The molecule has 5 heteroatoms. The van der Waals surface area contributed by atoms with Crippen molar-refractivity contribution in [3.63, 3.8) is 0 Å². The van der Waals surface area contributed by atoms with Crippen LogP contribution in [-0.4, -0.2) is 27.7 Å². The molecule has 1 aromatic heterocycles. The fourth-order valence-corrected chi connectivity index (χ4v) is 1.61. The van der Waals surface area contributed by atoms with E-state index in [1.54, 1.807) is 0 Å². The molecule has 0 bridgehead atoms. The largest absolute Gasteiger partial charge is 0.376 e. The number of aromatic nitrogens is 3.